The van der Waals surface area contributed by atoms with E-state index in [1.165, 1.54) is 16.8 Å². The summed E-state index contributed by atoms with van der Waals surface area (Å²) in [4.78, 5) is 4.88. The molecule has 0 unspecified atom stereocenters. The van der Waals surface area contributed by atoms with E-state index >= 15 is 0 Å². The third-order valence-corrected chi connectivity index (χ3v) is 4.30. The Morgan fingerprint density at radius 2 is 1.61 bits per heavy atom. The molecule has 1 N–H and O–H groups in total. The van der Waals surface area contributed by atoms with Gasteiger partial charge in [0.25, 0.3) is 0 Å². The topological polar surface area (TPSA) is 33.1 Å². The number of rotatable bonds is 7. The van der Waals surface area contributed by atoms with Crippen molar-refractivity contribution in [2.45, 2.75) is 66.2 Å². The Labute approximate surface area is 140 Å². The Morgan fingerprint density at radius 3 is 2.22 bits per heavy atom. The van der Waals surface area contributed by atoms with E-state index in [2.05, 4.69) is 26.8 Å². The first-order valence-electron chi connectivity index (χ1n) is 8.96. The van der Waals surface area contributed by atoms with E-state index in [0.29, 0.717) is 5.75 Å². The van der Waals surface area contributed by atoms with Crippen molar-refractivity contribution >= 4 is 17.0 Å². The van der Waals surface area contributed by atoms with Crippen LogP contribution in [0.25, 0.3) is 17.0 Å². The summed E-state index contributed by atoms with van der Waals surface area (Å²) in [7, 11) is 0. The molecule has 0 amide bonds. The van der Waals surface area contributed by atoms with Crippen molar-refractivity contribution in [3.8, 4) is 5.75 Å². The second-order valence-electron chi connectivity index (χ2n) is 6.17. The molecule has 124 valence electrons. The number of hydrogen-bond acceptors (Lipinski definition) is 2. The van der Waals surface area contributed by atoms with E-state index in [-0.39, 0.29) is 0 Å². The largest absolute Gasteiger partial charge is 0.505 e. The number of hydrogen-bond donors (Lipinski definition) is 1. The molecule has 0 aliphatic rings. The summed E-state index contributed by atoms with van der Waals surface area (Å²) >= 11 is 0. The monoisotopic (exact) mass is 311 g/mol. The van der Waals surface area contributed by atoms with Crippen molar-refractivity contribution in [2.24, 2.45) is 0 Å². The van der Waals surface area contributed by atoms with Gasteiger partial charge >= 0.3 is 0 Å². The summed E-state index contributed by atoms with van der Waals surface area (Å²) in [6.07, 6.45) is 10.3. The third-order valence-electron chi connectivity index (χ3n) is 4.30. The quantitative estimate of drug-likeness (QED) is 0.697. The molecule has 0 spiro atoms. The summed E-state index contributed by atoms with van der Waals surface area (Å²) in [5.74, 6) is 0.318. The summed E-state index contributed by atoms with van der Waals surface area (Å²) in [6.45, 7) is 8.60. The summed E-state index contributed by atoms with van der Waals surface area (Å²) < 4.78 is 0. The molecule has 0 aliphatic heterocycles. The van der Waals surface area contributed by atoms with Crippen molar-refractivity contribution in [1.82, 2.24) is 4.98 Å². The number of fused-ring (bicyclic) bond motifs is 1. The highest BCUT2D eigenvalue weighted by atomic mass is 16.3. The molecule has 2 rings (SSSR count). The number of allylic oxidation sites excluding steroid dienone is 1. The minimum atomic E-state index is 0.318. The Hall–Kier alpha value is -1.83. The van der Waals surface area contributed by atoms with Gasteiger partial charge in [0.2, 0.25) is 0 Å². The van der Waals surface area contributed by atoms with E-state index in [1.807, 2.05) is 25.1 Å². The van der Waals surface area contributed by atoms with Crippen LogP contribution in [-0.4, -0.2) is 10.1 Å². The maximum atomic E-state index is 10.7. The van der Waals surface area contributed by atoms with Gasteiger partial charge in [-0.3, -0.25) is 0 Å². The second-order valence-corrected chi connectivity index (χ2v) is 6.17. The van der Waals surface area contributed by atoms with Gasteiger partial charge < -0.3 is 5.11 Å². The van der Waals surface area contributed by atoms with Crippen LogP contribution in [0.2, 0.25) is 0 Å². The zero-order chi connectivity index (χ0) is 16.8. The Kier molecular flexibility index (Phi) is 6.20. The molecule has 2 aromatic rings. The normalized spacial score (nSPS) is 11.7. The number of aryl methyl sites for hydroxylation is 2. The summed E-state index contributed by atoms with van der Waals surface area (Å²) in [6, 6.07) is 4.14. The van der Waals surface area contributed by atoms with Crippen molar-refractivity contribution in [3.63, 3.8) is 0 Å². The van der Waals surface area contributed by atoms with E-state index < -0.39 is 0 Å². The SMILES string of the molecule is CC=Cc1ccc2c(CCC)c(CCC)c(CCC)nc2c1O. The third kappa shape index (κ3) is 3.57. The lowest BCUT2D eigenvalue weighted by Gasteiger charge is -2.18. The van der Waals surface area contributed by atoms with Gasteiger partial charge in [-0.1, -0.05) is 64.3 Å². The number of pyridine rings is 1. The minimum absolute atomic E-state index is 0.318. The van der Waals surface area contributed by atoms with Crippen molar-refractivity contribution in [2.75, 3.05) is 0 Å². The number of aromatic nitrogens is 1. The van der Waals surface area contributed by atoms with Crippen LogP contribution in [0, 0.1) is 0 Å². The first-order valence-corrected chi connectivity index (χ1v) is 8.96. The van der Waals surface area contributed by atoms with Gasteiger partial charge in [-0.05, 0) is 37.3 Å². The summed E-state index contributed by atoms with van der Waals surface area (Å²) in [5, 5.41) is 11.8. The lowest BCUT2D eigenvalue weighted by atomic mass is 9.92. The number of phenolic OH excluding ortho intramolecular Hbond substituents is 1. The van der Waals surface area contributed by atoms with Crippen LogP contribution in [0.15, 0.2) is 18.2 Å². The van der Waals surface area contributed by atoms with Gasteiger partial charge in [-0.25, -0.2) is 4.98 Å². The smallest absolute Gasteiger partial charge is 0.149 e. The molecule has 2 heteroatoms. The molecule has 1 heterocycles. The van der Waals surface area contributed by atoms with E-state index in [9.17, 15) is 5.11 Å². The fourth-order valence-corrected chi connectivity index (χ4v) is 3.33. The van der Waals surface area contributed by atoms with Gasteiger partial charge in [0.1, 0.15) is 11.3 Å². The zero-order valence-corrected chi connectivity index (χ0v) is 14.9. The molecule has 23 heavy (non-hydrogen) atoms. The van der Waals surface area contributed by atoms with Crippen LogP contribution in [0.3, 0.4) is 0 Å². The van der Waals surface area contributed by atoms with Crippen LogP contribution < -0.4 is 0 Å². The van der Waals surface area contributed by atoms with Gasteiger partial charge in [0.05, 0.1) is 0 Å². The first kappa shape index (κ1) is 17.5. The van der Waals surface area contributed by atoms with Gasteiger partial charge in [-0.2, -0.15) is 0 Å². The van der Waals surface area contributed by atoms with Gasteiger partial charge in [-0.15, -0.1) is 0 Å². The highest BCUT2D eigenvalue weighted by molar-refractivity contribution is 5.91. The molecule has 0 saturated heterocycles. The van der Waals surface area contributed by atoms with E-state index in [4.69, 9.17) is 4.98 Å². The predicted molar refractivity (Wildman–Crippen MR) is 100 cm³/mol. The molecule has 0 bridgehead atoms. The molecule has 0 fully saturated rings. The standard InChI is InChI=1S/C21H29NO/c1-5-9-15-13-14-18-16(10-6-2)17(11-7-3)19(12-8-4)22-20(18)21(15)23/h5,9,13-14,23H,6-8,10-12H2,1-4H3. The molecule has 0 radical (unpaired) electrons. The van der Waals surface area contributed by atoms with Crippen molar-refractivity contribution < 1.29 is 5.11 Å². The fraction of sp³-hybridized carbons (Fsp3) is 0.476. The molecule has 2 nitrogen and oxygen atoms in total. The van der Waals surface area contributed by atoms with Crippen molar-refractivity contribution in [3.05, 3.63) is 40.6 Å². The average molecular weight is 311 g/mol. The fourth-order valence-electron chi connectivity index (χ4n) is 3.33. The lowest BCUT2D eigenvalue weighted by Crippen LogP contribution is -2.05. The zero-order valence-electron chi connectivity index (χ0n) is 14.9. The lowest BCUT2D eigenvalue weighted by molar-refractivity contribution is 0.479. The molecule has 1 aromatic carbocycles. The second kappa shape index (κ2) is 8.14. The number of benzene rings is 1. The average Bonchev–Trinajstić information content (AvgIpc) is 2.54. The molecule has 0 saturated carbocycles. The van der Waals surface area contributed by atoms with E-state index in [0.717, 1.165) is 55.0 Å². The van der Waals surface area contributed by atoms with Crippen LogP contribution in [0.4, 0.5) is 0 Å². The maximum Gasteiger partial charge on any atom is 0.149 e. The van der Waals surface area contributed by atoms with E-state index in [1.54, 1.807) is 0 Å². The number of aromatic hydroxyl groups is 1. The van der Waals surface area contributed by atoms with Crippen LogP contribution in [-0.2, 0) is 19.3 Å². The highest BCUT2D eigenvalue weighted by Gasteiger charge is 2.16. The molecular formula is C21H29NO. The van der Waals surface area contributed by atoms with Crippen LogP contribution in [0.1, 0.15) is 69.3 Å². The maximum absolute atomic E-state index is 10.7. The number of phenols is 1. The Balaban J connectivity index is 2.80. The molecular weight excluding hydrogens is 282 g/mol. The van der Waals surface area contributed by atoms with Gasteiger partial charge in [0.15, 0.2) is 0 Å². The van der Waals surface area contributed by atoms with Crippen molar-refractivity contribution in [1.29, 1.82) is 0 Å². The molecule has 0 aliphatic carbocycles. The van der Waals surface area contributed by atoms with Crippen LogP contribution in [0.5, 0.6) is 5.75 Å². The molecule has 1 aromatic heterocycles. The summed E-state index contributed by atoms with van der Waals surface area (Å²) in [5.41, 5.74) is 5.61. The Morgan fingerprint density at radius 1 is 0.957 bits per heavy atom. The number of nitrogens with zero attached hydrogens (tertiary/aromatic N) is 1. The predicted octanol–water partition coefficient (Wildman–Crippen LogP) is 5.83. The van der Waals surface area contributed by atoms with Crippen LogP contribution >= 0.6 is 0 Å². The minimum Gasteiger partial charge on any atom is -0.505 e. The molecule has 0 atom stereocenters. The Bertz CT molecular complexity index is 701. The van der Waals surface area contributed by atoms with Gasteiger partial charge in [0, 0.05) is 16.6 Å². The first-order chi connectivity index (χ1) is 11.2. The highest BCUT2D eigenvalue weighted by Crippen LogP contribution is 2.34.